The van der Waals surface area contributed by atoms with Gasteiger partial charge < -0.3 is 15.4 Å². The van der Waals surface area contributed by atoms with E-state index >= 15 is 0 Å². The Labute approximate surface area is 188 Å². The van der Waals surface area contributed by atoms with E-state index in [2.05, 4.69) is 32.2 Å². The lowest BCUT2D eigenvalue weighted by Gasteiger charge is -2.12. The average Bonchev–Trinajstić information content (AvgIpc) is 2.81. The minimum absolute atomic E-state index is 0.0414. The Balaban J connectivity index is 1.68. The molecule has 0 aliphatic rings. The van der Waals surface area contributed by atoms with Crippen molar-refractivity contribution >= 4 is 40.0 Å². The van der Waals surface area contributed by atoms with Crippen molar-refractivity contribution in [2.75, 3.05) is 17.2 Å². The molecule has 0 aliphatic carbocycles. The van der Waals surface area contributed by atoms with Gasteiger partial charge >= 0.3 is 6.01 Å². The number of nitriles is 1. The van der Waals surface area contributed by atoms with E-state index in [4.69, 9.17) is 21.6 Å². The van der Waals surface area contributed by atoms with Gasteiger partial charge in [0, 0.05) is 11.9 Å². The van der Waals surface area contributed by atoms with E-state index in [1.54, 1.807) is 12.1 Å². The highest BCUT2D eigenvalue weighted by Gasteiger charge is 2.14. The van der Waals surface area contributed by atoms with Crippen LogP contribution in [0.25, 0.3) is 10.8 Å². The first-order chi connectivity index (χ1) is 15.6. The standard InChI is InChI=1S/C23H16ClFN6O/c1-2-11-27-21-29-22(28-18-9-7-14(13-26)12-17(18)25)31-23(30-21)32-19-10-8-15-5-3-4-6-16(15)20(19)24/h2-10,12H,1,11H2,(H2,27,28,29,30,31). The monoisotopic (exact) mass is 446 g/mol. The lowest BCUT2D eigenvalue weighted by Crippen LogP contribution is -2.08. The number of hydrogen-bond donors (Lipinski definition) is 2. The third kappa shape index (κ3) is 4.58. The molecular formula is C23H16ClFN6O. The Morgan fingerprint density at radius 1 is 1.09 bits per heavy atom. The molecule has 158 valence electrons. The van der Waals surface area contributed by atoms with Crippen LogP contribution in [0.5, 0.6) is 11.8 Å². The maximum absolute atomic E-state index is 14.3. The van der Waals surface area contributed by atoms with Gasteiger partial charge in [0.15, 0.2) is 0 Å². The Bertz CT molecular complexity index is 1350. The fourth-order valence-electron chi connectivity index (χ4n) is 2.90. The largest absolute Gasteiger partial charge is 0.423 e. The molecule has 4 rings (SSSR count). The van der Waals surface area contributed by atoms with E-state index in [-0.39, 0.29) is 29.2 Å². The Kier molecular flexibility index (Phi) is 6.10. The third-order valence-electron chi connectivity index (χ3n) is 4.39. The molecule has 7 nitrogen and oxygen atoms in total. The molecular weight excluding hydrogens is 431 g/mol. The molecule has 9 heteroatoms. The minimum Gasteiger partial charge on any atom is -0.423 e. The van der Waals surface area contributed by atoms with Crippen LogP contribution in [0.4, 0.5) is 22.0 Å². The number of aromatic nitrogens is 3. The van der Waals surface area contributed by atoms with Crippen LogP contribution in [0.2, 0.25) is 5.02 Å². The van der Waals surface area contributed by atoms with Crippen LogP contribution in [0.3, 0.4) is 0 Å². The molecule has 0 bridgehead atoms. The van der Waals surface area contributed by atoms with Crippen LogP contribution in [-0.4, -0.2) is 21.5 Å². The molecule has 0 fully saturated rings. The Morgan fingerprint density at radius 3 is 2.69 bits per heavy atom. The zero-order valence-electron chi connectivity index (χ0n) is 16.6. The zero-order valence-corrected chi connectivity index (χ0v) is 17.4. The van der Waals surface area contributed by atoms with E-state index in [0.717, 1.165) is 16.8 Å². The summed E-state index contributed by atoms with van der Waals surface area (Å²) in [6, 6.07) is 17.1. The summed E-state index contributed by atoms with van der Waals surface area (Å²) in [5.74, 6) is -0.0164. The summed E-state index contributed by atoms with van der Waals surface area (Å²) in [5, 5.41) is 16.9. The van der Waals surface area contributed by atoms with E-state index < -0.39 is 5.82 Å². The highest BCUT2D eigenvalue weighted by atomic mass is 35.5. The molecule has 1 heterocycles. The first kappa shape index (κ1) is 21.0. The SMILES string of the molecule is C=CCNc1nc(Nc2ccc(C#N)cc2F)nc(Oc2ccc3ccccc3c2Cl)n1. The normalized spacial score (nSPS) is 10.4. The number of nitrogens with one attached hydrogen (secondary N) is 2. The summed E-state index contributed by atoms with van der Waals surface area (Å²) in [6.07, 6.45) is 1.64. The second-order valence-electron chi connectivity index (χ2n) is 6.57. The summed E-state index contributed by atoms with van der Waals surface area (Å²) in [7, 11) is 0. The lowest BCUT2D eigenvalue weighted by atomic mass is 10.1. The Hall–Kier alpha value is -4.22. The van der Waals surface area contributed by atoms with E-state index in [1.165, 1.54) is 12.1 Å². The first-order valence-corrected chi connectivity index (χ1v) is 9.88. The second-order valence-corrected chi connectivity index (χ2v) is 6.95. The number of anilines is 3. The zero-order chi connectivity index (χ0) is 22.5. The van der Waals surface area contributed by atoms with Gasteiger partial charge in [-0.25, -0.2) is 4.39 Å². The maximum Gasteiger partial charge on any atom is 0.328 e. The number of ether oxygens (including phenoxy) is 1. The number of benzene rings is 3. The van der Waals surface area contributed by atoms with Crippen molar-refractivity contribution in [1.29, 1.82) is 5.26 Å². The molecule has 0 saturated heterocycles. The number of halogens is 2. The van der Waals surface area contributed by atoms with Crippen molar-refractivity contribution in [3.05, 3.63) is 83.7 Å². The predicted octanol–water partition coefficient (Wildman–Crippen LogP) is 5.82. The van der Waals surface area contributed by atoms with E-state index in [0.29, 0.717) is 17.3 Å². The summed E-state index contributed by atoms with van der Waals surface area (Å²) >= 11 is 6.52. The number of fused-ring (bicyclic) bond motifs is 1. The van der Waals surface area contributed by atoms with Gasteiger partial charge in [0.1, 0.15) is 11.6 Å². The van der Waals surface area contributed by atoms with Crippen LogP contribution in [-0.2, 0) is 0 Å². The summed E-state index contributed by atoms with van der Waals surface area (Å²) in [4.78, 5) is 12.7. The van der Waals surface area contributed by atoms with Crippen molar-refractivity contribution in [3.63, 3.8) is 0 Å². The van der Waals surface area contributed by atoms with Crippen LogP contribution in [0.15, 0.2) is 67.3 Å². The van der Waals surface area contributed by atoms with Crippen molar-refractivity contribution < 1.29 is 9.13 Å². The van der Waals surface area contributed by atoms with E-state index in [1.807, 2.05) is 36.4 Å². The van der Waals surface area contributed by atoms with E-state index in [9.17, 15) is 4.39 Å². The fourth-order valence-corrected chi connectivity index (χ4v) is 3.17. The summed E-state index contributed by atoms with van der Waals surface area (Å²) < 4.78 is 20.2. The first-order valence-electron chi connectivity index (χ1n) is 9.50. The maximum atomic E-state index is 14.3. The third-order valence-corrected chi connectivity index (χ3v) is 4.78. The number of rotatable bonds is 7. The number of hydrogen-bond acceptors (Lipinski definition) is 7. The summed E-state index contributed by atoms with van der Waals surface area (Å²) in [6.45, 7) is 4.04. The molecule has 1 aromatic heterocycles. The smallest absolute Gasteiger partial charge is 0.328 e. The van der Waals surface area contributed by atoms with Gasteiger partial charge in [-0.1, -0.05) is 48.0 Å². The molecule has 0 radical (unpaired) electrons. The molecule has 0 aliphatic heterocycles. The second kappa shape index (κ2) is 9.29. The topological polar surface area (TPSA) is 95.8 Å². The molecule has 0 atom stereocenters. The van der Waals surface area contributed by atoms with Gasteiger partial charge in [-0.15, -0.1) is 6.58 Å². The van der Waals surface area contributed by atoms with Gasteiger partial charge in [0.25, 0.3) is 0 Å². The van der Waals surface area contributed by atoms with Gasteiger partial charge in [-0.3, -0.25) is 0 Å². The van der Waals surface area contributed by atoms with Gasteiger partial charge in [0.05, 0.1) is 22.3 Å². The molecule has 0 saturated carbocycles. The summed E-state index contributed by atoms with van der Waals surface area (Å²) in [5.41, 5.74) is 0.298. The van der Waals surface area contributed by atoms with Crippen molar-refractivity contribution in [3.8, 4) is 17.8 Å². The van der Waals surface area contributed by atoms with Gasteiger partial charge in [-0.2, -0.15) is 20.2 Å². The van der Waals surface area contributed by atoms with Crippen molar-refractivity contribution in [2.45, 2.75) is 0 Å². The fraction of sp³-hybridized carbons (Fsp3) is 0.0435. The van der Waals surface area contributed by atoms with Crippen LogP contribution in [0.1, 0.15) is 5.56 Å². The average molecular weight is 447 g/mol. The predicted molar refractivity (Wildman–Crippen MR) is 122 cm³/mol. The highest BCUT2D eigenvalue weighted by Crippen LogP contribution is 2.35. The molecule has 2 N–H and O–H groups in total. The molecule has 32 heavy (non-hydrogen) atoms. The van der Waals surface area contributed by atoms with Crippen LogP contribution < -0.4 is 15.4 Å². The quantitative estimate of drug-likeness (QED) is 0.345. The van der Waals surface area contributed by atoms with Crippen LogP contribution >= 0.6 is 11.6 Å². The van der Waals surface area contributed by atoms with Gasteiger partial charge in [-0.05, 0) is 29.7 Å². The lowest BCUT2D eigenvalue weighted by molar-refractivity contribution is 0.442. The minimum atomic E-state index is -0.620. The van der Waals surface area contributed by atoms with Crippen molar-refractivity contribution in [1.82, 2.24) is 15.0 Å². The molecule has 0 spiro atoms. The Morgan fingerprint density at radius 2 is 1.91 bits per heavy atom. The highest BCUT2D eigenvalue weighted by molar-refractivity contribution is 6.37. The van der Waals surface area contributed by atoms with Gasteiger partial charge in [0.2, 0.25) is 11.9 Å². The molecule has 0 amide bonds. The van der Waals surface area contributed by atoms with Crippen LogP contribution in [0, 0.1) is 17.1 Å². The molecule has 4 aromatic rings. The molecule has 3 aromatic carbocycles. The molecule has 0 unspecified atom stereocenters. The number of nitrogens with zero attached hydrogens (tertiary/aromatic N) is 4. The van der Waals surface area contributed by atoms with Crippen molar-refractivity contribution in [2.24, 2.45) is 0 Å².